The molecule has 3 aliphatic rings. The molecule has 0 heterocycles. The van der Waals surface area contributed by atoms with E-state index < -0.39 is 0 Å². The second-order valence-electron chi connectivity index (χ2n) is 7.23. The summed E-state index contributed by atoms with van der Waals surface area (Å²) in [7, 11) is 0. The maximum atomic E-state index is 6.75. The molecule has 0 aromatic rings. The molecule has 0 spiro atoms. The van der Waals surface area contributed by atoms with Crippen molar-refractivity contribution in [2.45, 2.75) is 64.3 Å². The van der Waals surface area contributed by atoms with E-state index in [2.05, 4.69) is 13.8 Å². The molecule has 0 aromatic carbocycles. The number of hydrogen-bond donors (Lipinski definition) is 1. The normalized spacial score (nSPS) is 50.2. The van der Waals surface area contributed by atoms with Gasteiger partial charge in [-0.2, -0.15) is 0 Å². The van der Waals surface area contributed by atoms with Gasteiger partial charge in [-0.3, -0.25) is 0 Å². The van der Waals surface area contributed by atoms with Crippen molar-refractivity contribution in [1.29, 1.82) is 0 Å². The van der Waals surface area contributed by atoms with Gasteiger partial charge >= 0.3 is 0 Å². The summed E-state index contributed by atoms with van der Waals surface area (Å²) in [5, 5.41) is 0. The predicted molar refractivity (Wildman–Crippen MR) is 68.0 cm³/mol. The van der Waals surface area contributed by atoms with Crippen molar-refractivity contribution in [3.63, 3.8) is 0 Å². The standard InChI is InChI=1S/C15H27N/c1-10(2)6-7-15(16)9-11-8-14(15)13-5-3-4-12(11)13/h10-14H,3-9,16H2,1-2H3. The van der Waals surface area contributed by atoms with Crippen LogP contribution in [0.25, 0.3) is 0 Å². The lowest BCUT2D eigenvalue weighted by molar-refractivity contribution is 0.142. The highest BCUT2D eigenvalue weighted by Crippen LogP contribution is 2.62. The number of fused-ring (bicyclic) bond motifs is 5. The zero-order valence-electron chi connectivity index (χ0n) is 10.9. The van der Waals surface area contributed by atoms with Crippen LogP contribution in [0.1, 0.15) is 58.8 Å². The van der Waals surface area contributed by atoms with Gasteiger partial charge in [-0.05, 0) is 68.1 Å². The minimum atomic E-state index is 0.237. The van der Waals surface area contributed by atoms with E-state index in [9.17, 15) is 0 Å². The summed E-state index contributed by atoms with van der Waals surface area (Å²) < 4.78 is 0. The SMILES string of the molecule is CC(C)CCC1(N)CC2CC1C1CCCC21. The fourth-order valence-electron chi connectivity index (χ4n) is 5.16. The highest BCUT2D eigenvalue weighted by Gasteiger charge is 2.58. The van der Waals surface area contributed by atoms with Crippen LogP contribution in [-0.2, 0) is 0 Å². The predicted octanol–water partition coefficient (Wildman–Crippen LogP) is 3.58. The lowest BCUT2D eigenvalue weighted by atomic mass is 9.69. The molecule has 2 bridgehead atoms. The molecule has 0 saturated heterocycles. The van der Waals surface area contributed by atoms with Crippen LogP contribution < -0.4 is 5.73 Å². The van der Waals surface area contributed by atoms with Gasteiger partial charge in [-0.25, -0.2) is 0 Å². The fraction of sp³-hybridized carbons (Fsp3) is 1.00. The molecule has 0 amide bonds. The molecular weight excluding hydrogens is 194 g/mol. The van der Waals surface area contributed by atoms with E-state index in [1.165, 1.54) is 44.9 Å². The van der Waals surface area contributed by atoms with Crippen molar-refractivity contribution in [1.82, 2.24) is 0 Å². The molecule has 2 N–H and O–H groups in total. The van der Waals surface area contributed by atoms with Gasteiger partial charge in [-0.15, -0.1) is 0 Å². The largest absolute Gasteiger partial charge is 0.325 e. The van der Waals surface area contributed by atoms with Gasteiger partial charge < -0.3 is 5.73 Å². The molecule has 3 aliphatic carbocycles. The van der Waals surface area contributed by atoms with E-state index in [0.717, 1.165) is 29.6 Å². The Bertz CT molecular complexity index is 273. The van der Waals surface area contributed by atoms with E-state index in [1.807, 2.05) is 0 Å². The lowest BCUT2D eigenvalue weighted by Gasteiger charge is -2.40. The van der Waals surface area contributed by atoms with Crippen molar-refractivity contribution in [2.75, 3.05) is 0 Å². The molecule has 5 atom stereocenters. The Morgan fingerprint density at radius 3 is 2.75 bits per heavy atom. The minimum absolute atomic E-state index is 0.237. The van der Waals surface area contributed by atoms with Gasteiger partial charge in [0.05, 0.1) is 0 Å². The Kier molecular flexibility index (Phi) is 2.58. The molecule has 5 unspecified atom stereocenters. The summed E-state index contributed by atoms with van der Waals surface area (Å²) >= 11 is 0. The number of nitrogens with two attached hydrogens (primary N) is 1. The molecule has 92 valence electrons. The van der Waals surface area contributed by atoms with Crippen LogP contribution in [0.4, 0.5) is 0 Å². The second kappa shape index (κ2) is 3.73. The Labute approximate surface area is 100 Å². The maximum absolute atomic E-state index is 6.75. The topological polar surface area (TPSA) is 26.0 Å². The number of rotatable bonds is 3. The Balaban J connectivity index is 1.70. The quantitative estimate of drug-likeness (QED) is 0.774. The maximum Gasteiger partial charge on any atom is 0.0188 e. The van der Waals surface area contributed by atoms with E-state index in [0.29, 0.717) is 0 Å². The average molecular weight is 221 g/mol. The molecule has 0 radical (unpaired) electrons. The van der Waals surface area contributed by atoms with Crippen molar-refractivity contribution in [3.8, 4) is 0 Å². The Morgan fingerprint density at radius 1 is 1.25 bits per heavy atom. The summed E-state index contributed by atoms with van der Waals surface area (Å²) in [4.78, 5) is 0. The third kappa shape index (κ3) is 1.54. The zero-order valence-corrected chi connectivity index (χ0v) is 10.9. The van der Waals surface area contributed by atoms with Gasteiger partial charge in [0.15, 0.2) is 0 Å². The van der Waals surface area contributed by atoms with Crippen LogP contribution in [0.2, 0.25) is 0 Å². The number of hydrogen-bond acceptors (Lipinski definition) is 1. The van der Waals surface area contributed by atoms with Crippen LogP contribution in [-0.4, -0.2) is 5.54 Å². The van der Waals surface area contributed by atoms with E-state index in [-0.39, 0.29) is 5.54 Å². The molecule has 0 aromatic heterocycles. The first-order chi connectivity index (χ1) is 7.60. The minimum Gasteiger partial charge on any atom is -0.325 e. The molecule has 3 fully saturated rings. The molecule has 3 saturated carbocycles. The highest BCUT2D eigenvalue weighted by molar-refractivity contribution is 5.12. The van der Waals surface area contributed by atoms with Gasteiger partial charge in [0, 0.05) is 5.54 Å². The van der Waals surface area contributed by atoms with Crippen LogP contribution in [0.5, 0.6) is 0 Å². The van der Waals surface area contributed by atoms with Gasteiger partial charge in [0.25, 0.3) is 0 Å². The summed E-state index contributed by atoms with van der Waals surface area (Å²) in [6.45, 7) is 4.66. The molecule has 1 nitrogen and oxygen atoms in total. The summed E-state index contributed by atoms with van der Waals surface area (Å²) in [5.41, 5.74) is 6.99. The monoisotopic (exact) mass is 221 g/mol. The fourth-order valence-corrected chi connectivity index (χ4v) is 5.16. The van der Waals surface area contributed by atoms with Gasteiger partial charge in [0.2, 0.25) is 0 Å². The molecular formula is C15H27N. The first-order valence-electron chi connectivity index (χ1n) is 7.39. The molecule has 16 heavy (non-hydrogen) atoms. The van der Waals surface area contributed by atoms with Crippen LogP contribution in [0.15, 0.2) is 0 Å². The summed E-state index contributed by atoms with van der Waals surface area (Å²) in [6.07, 6.45) is 9.95. The first kappa shape index (κ1) is 11.1. The summed E-state index contributed by atoms with van der Waals surface area (Å²) in [5.74, 6) is 4.83. The summed E-state index contributed by atoms with van der Waals surface area (Å²) in [6, 6.07) is 0. The Morgan fingerprint density at radius 2 is 2.00 bits per heavy atom. The van der Waals surface area contributed by atoms with Crippen molar-refractivity contribution < 1.29 is 0 Å². The van der Waals surface area contributed by atoms with Crippen molar-refractivity contribution in [2.24, 2.45) is 35.3 Å². The Hall–Kier alpha value is -0.0400. The van der Waals surface area contributed by atoms with Gasteiger partial charge in [-0.1, -0.05) is 20.3 Å². The van der Waals surface area contributed by atoms with E-state index >= 15 is 0 Å². The third-order valence-electron chi connectivity index (χ3n) is 5.87. The zero-order chi connectivity index (χ0) is 11.3. The lowest BCUT2D eigenvalue weighted by Crippen LogP contribution is -2.49. The van der Waals surface area contributed by atoms with Crippen molar-refractivity contribution in [3.05, 3.63) is 0 Å². The molecule has 1 heteroatoms. The van der Waals surface area contributed by atoms with Crippen molar-refractivity contribution >= 4 is 0 Å². The van der Waals surface area contributed by atoms with Crippen LogP contribution >= 0.6 is 0 Å². The van der Waals surface area contributed by atoms with Crippen LogP contribution in [0, 0.1) is 29.6 Å². The smallest absolute Gasteiger partial charge is 0.0188 e. The third-order valence-corrected chi connectivity index (χ3v) is 5.87. The highest BCUT2D eigenvalue weighted by atomic mass is 14.8. The molecule has 0 aliphatic heterocycles. The van der Waals surface area contributed by atoms with E-state index in [4.69, 9.17) is 5.73 Å². The van der Waals surface area contributed by atoms with E-state index in [1.54, 1.807) is 0 Å². The van der Waals surface area contributed by atoms with Gasteiger partial charge in [0.1, 0.15) is 0 Å². The average Bonchev–Trinajstić information content (AvgIpc) is 2.84. The molecule has 3 rings (SSSR count). The first-order valence-corrected chi connectivity index (χ1v) is 7.39. The van der Waals surface area contributed by atoms with Crippen LogP contribution in [0.3, 0.4) is 0 Å². The second-order valence-corrected chi connectivity index (χ2v) is 7.23.